The molecule has 0 bridgehead atoms. The van der Waals surface area contributed by atoms with Crippen LogP contribution in [0.25, 0.3) is 0 Å². The van der Waals surface area contributed by atoms with Crippen LogP contribution in [0, 0.1) is 0 Å². The average molecular weight is 1040 g/mol. The maximum Gasteiger partial charge on any atom is 0.588 e. The smallest absolute Gasteiger partial charge is 0.462 e. The van der Waals surface area contributed by atoms with Crippen molar-refractivity contribution in [2.45, 2.75) is 202 Å². The number of rotatable bonds is 36. The SMILES string of the molecule is CCCCCCCCCCCCCC(=O)O[C@H](CCCCCCCCCCC)CC(=O)O[C@H]1[C@H](OP(=O)(Oc2ccccc2)Oc2ccccc2)[C@@H](COC)OC(O)[C@@H]1NC(=O)OCC(Cl)(Cl)Cl. The zero-order valence-electron chi connectivity index (χ0n) is 40.3. The summed E-state index contributed by atoms with van der Waals surface area (Å²) in [5.74, 6) is -1.06. The van der Waals surface area contributed by atoms with Crippen LogP contribution >= 0.6 is 42.6 Å². The van der Waals surface area contributed by atoms with Crippen LogP contribution in [0.4, 0.5) is 4.79 Å². The van der Waals surface area contributed by atoms with Gasteiger partial charge in [-0.15, -0.1) is 0 Å². The third-order valence-corrected chi connectivity index (χ3v) is 13.1. The van der Waals surface area contributed by atoms with Crippen molar-refractivity contribution in [3.8, 4) is 11.5 Å². The summed E-state index contributed by atoms with van der Waals surface area (Å²) in [5.41, 5.74) is 0. The molecule has 6 atom stereocenters. The van der Waals surface area contributed by atoms with Crippen LogP contribution in [0.2, 0.25) is 0 Å². The van der Waals surface area contributed by atoms with Crippen molar-refractivity contribution in [2.75, 3.05) is 20.3 Å². The molecule has 0 radical (unpaired) electrons. The Kier molecular flexibility index (Phi) is 30.2. The number of nitrogens with one attached hydrogen (secondary N) is 1. The van der Waals surface area contributed by atoms with Gasteiger partial charge in [-0.05, 0) is 43.5 Å². The van der Waals surface area contributed by atoms with E-state index in [0.717, 1.165) is 44.9 Å². The van der Waals surface area contributed by atoms with Crippen molar-refractivity contribution in [3.63, 3.8) is 0 Å². The second-order valence-corrected chi connectivity index (χ2v) is 21.4. The molecule has 1 aliphatic rings. The third kappa shape index (κ3) is 25.9. The number of unbranched alkanes of at least 4 members (excludes halogenated alkanes) is 18. The van der Waals surface area contributed by atoms with E-state index in [1.54, 1.807) is 36.4 Å². The van der Waals surface area contributed by atoms with Gasteiger partial charge in [-0.1, -0.05) is 201 Å². The molecule has 18 heteroatoms. The summed E-state index contributed by atoms with van der Waals surface area (Å²) in [6.07, 6.45) is 13.9. The van der Waals surface area contributed by atoms with E-state index >= 15 is 0 Å². The Balaban J connectivity index is 1.85. The summed E-state index contributed by atoms with van der Waals surface area (Å²) in [7, 11) is -3.41. The highest BCUT2D eigenvalue weighted by molar-refractivity contribution is 7.49. The van der Waals surface area contributed by atoms with E-state index in [1.807, 2.05) is 0 Å². The van der Waals surface area contributed by atoms with Gasteiger partial charge in [0.05, 0.1) is 13.0 Å². The second kappa shape index (κ2) is 34.5. The highest BCUT2D eigenvalue weighted by Crippen LogP contribution is 2.52. The maximum absolute atomic E-state index is 14.8. The number of phosphoric ester groups is 1. The molecule has 1 saturated heterocycles. The molecule has 1 amide bonds. The van der Waals surface area contributed by atoms with Gasteiger partial charge in [0.1, 0.15) is 42.5 Å². The molecule has 2 N–H and O–H groups in total. The number of hydrogen-bond donors (Lipinski definition) is 2. The number of ether oxygens (including phenoxy) is 5. The summed E-state index contributed by atoms with van der Waals surface area (Å²) in [4.78, 5) is 40.7. The average Bonchev–Trinajstić information content (AvgIpc) is 3.29. The van der Waals surface area contributed by atoms with E-state index in [1.165, 1.54) is 102 Å². The molecule has 68 heavy (non-hydrogen) atoms. The Morgan fingerprint density at radius 3 is 1.68 bits per heavy atom. The zero-order valence-corrected chi connectivity index (χ0v) is 43.5. The largest absolute Gasteiger partial charge is 0.588 e. The third-order valence-electron chi connectivity index (χ3n) is 11.4. The topological polar surface area (TPSA) is 174 Å². The summed E-state index contributed by atoms with van der Waals surface area (Å²) >= 11 is 17.5. The Hall–Kier alpha value is -2.81. The highest BCUT2D eigenvalue weighted by atomic mass is 35.6. The van der Waals surface area contributed by atoms with E-state index in [9.17, 15) is 24.1 Å². The van der Waals surface area contributed by atoms with E-state index in [-0.39, 0.29) is 30.9 Å². The van der Waals surface area contributed by atoms with Crippen molar-refractivity contribution >= 4 is 60.7 Å². The summed E-state index contributed by atoms with van der Waals surface area (Å²) in [6.45, 7) is 3.45. The maximum atomic E-state index is 14.8. The normalized spacial score (nSPS) is 18.9. The molecule has 14 nitrogen and oxygen atoms in total. The van der Waals surface area contributed by atoms with Crippen molar-refractivity contribution in [1.82, 2.24) is 5.32 Å². The van der Waals surface area contributed by atoms with Gasteiger partial charge in [-0.25, -0.2) is 9.36 Å². The van der Waals surface area contributed by atoms with Crippen molar-refractivity contribution in [3.05, 3.63) is 60.7 Å². The van der Waals surface area contributed by atoms with Gasteiger partial charge >= 0.3 is 25.9 Å². The minimum Gasteiger partial charge on any atom is -0.462 e. The number of aliphatic hydroxyl groups excluding tert-OH is 1. The van der Waals surface area contributed by atoms with Crippen LogP contribution in [-0.4, -0.2) is 84.0 Å². The van der Waals surface area contributed by atoms with Gasteiger partial charge in [-0.2, -0.15) is 0 Å². The quantitative estimate of drug-likeness (QED) is 0.0217. The lowest BCUT2D eigenvalue weighted by molar-refractivity contribution is -0.256. The molecule has 386 valence electrons. The number of halogens is 3. The number of alkyl carbamates (subject to hydrolysis) is 1. The first-order valence-corrected chi connectivity index (χ1v) is 27.3. The van der Waals surface area contributed by atoms with Crippen LogP contribution in [0.1, 0.15) is 162 Å². The Labute approximate surface area is 420 Å². The summed E-state index contributed by atoms with van der Waals surface area (Å²) < 4.78 is 59.3. The number of alkyl halides is 3. The molecule has 0 aromatic heterocycles. The van der Waals surface area contributed by atoms with Gasteiger partial charge in [0.2, 0.25) is 3.79 Å². The molecule has 1 fully saturated rings. The Morgan fingerprint density at radius 2 is 1.19 bits per heavy atom. The van der Waals surface area contributed by atoms with Crippen LogP contribution in [0.3, 0.4) is 0 Å². The lowest BCUT2D eigenvalue weighted by atomic mass is 9.96. The first-order valence-electron chi connectivity index (χ1n) is 24.7. The Bertz CT molecular complexity index is 1660. The number of amides is 1. The number of hydrogen-bond acceptors (Lipinski definition) is 13. The number of phosphoric acid groups is 1. The molecular weight excluding hydrogens is 960 g/mol. The molecule has 0 saturated carbocycles. The van der Waals surface area contributed by atoms with E-state index in [2.05, 4.69) is 19.2 Å². The highest BCUT2D eigenvalue weighted by Gasteiger charge is 2.53. The van der Waals surface area contributed by atoms with Gasteiger partial charge in [0.15, 0.2) is 12.4 Å². The van der Waals surface area contributed by atoms with Crippen molar-refractivity contribution in [2.24, 2.45) is 0 Å². The standard InChI is InChI=1S/C50H77Cl3NO13P/c1-4-6-8-10-12-14-15-17-19-21-29-35-43(55)62-41(34-24-20-18-16-13-11-9-7-5-2)36-44(56)64-47-45(54-49(58)61-38-50(51,52)53)48(57)63-42(37-60-3)46(47)67-68(59,65-39-30-25-22-26-31-39)66-40-32-27-23-28-33-40/h22-23,25-28,30-33,41-42,45-48,57H,4-21,24,29,34-38H2,1-3H3,(H,54,58)/t41-,42-,45-,46-,47-,48?/m1/s1. The summed E-state index contributed by atoms with van der Waals surface area (Å²) in [6, 6.07) is 14.6. The lowest BCUT2D eigenvalue weighted by Crippen LogP contribution is -2.66. The number of para-hydroxylation sites is 2. The van der Waals surface area contributed by atoms with Crippen molar-refractivity contribution < 1.29 is 61.3 Å². The predicted molar refractivity (Wildman–Crippen MR) is 265 cm³/mol. The number of carbonyl (C=O) groups is 3. The monoisotopic (exact) mass is 1040 g/mol. The number of methoxy groups -OCH3 is 1. The number of aliphatic hydroxyl groups is 1. The first-order chi connectivity index (χ1) is 32.8. The fourth-order valence-corrected chi connectivity index (χ4v) is 9.45. The van der Waals surface area contributed by atoms with Crippen molar-refractivity contribution in [1.29, 1.82) is 0 Å². The van der Waals surface area contributed by atoms with Gasteiger partial charge in [0.25, 0.3) is 0 Å². The van der Waals surface area contributed by atoms with E-state index in [4.69, 9.17) is 72.1 Å². The lowest BCUT2D eigenvalue weighted by Gasteiger charge is -2.44. The number of benzene rings is 2. The Morgan fingerprint density at radius 1 is 0.706 bits per heavy atom. The van der Waals surface area contributed by atoms with Crippen LogP contribution in [-0.2, 0) is 42.4 Å². The molecule has 1 aliphatic heterocycles. The van der Waals surface area contributed by atoms with Crippen LogP contribution in [0.5, 0.6) is 11.5 Å². The second-order valence-electron chi connectivity index (χ2n) is 17.4. The first kappa shape index (κ1) is 59.5. The molecule has 0 spiro atoms. The van der Waals surface area contributed by atoms with Gasteiger partial charge in [-0.3, -0.25) is 14.1 Å². The van der Waals surface area contributed by atoms with Crippen LogP contribution < -0.4 is 14.4 Å². The molecule has 3 rings (SSSR count). The minimum atomic E-state index is -4.77. The minimum absolute atomic E-state index is 0.111. The van der Waals surface area contributed by atoms with Crippen LogP contribution in [0.15, 0.2) is 60.7 Å². The molecule has 1 heterocycles. The molecule has 2 aromatic carbocycles. The molecule has 2 aromatic rings. The number of esters is 2. The molecule has 0 aliphatic carbocycles. The summed E-state index contributed by atoms with van der Waals surface area (Å²) in [5, 5.41) is 13.8. The fraction of sp³-hybridized carbons (Fsp3) is 0.700. The van der Waals surface area contributed by atoms with Gasteiger partial charge in [0, 0.05) is 13.5 Å². The number of carbonyl (C=O) groups excluding carboxylic acids is 3. The molecule has 1 unspecified atom stereocenters. The predicted octanol–water partition coefficient (Wildman–Crippen LogP) is 13.3. The van der Waals surface area contributed by atoms with Gasteiger partial charge < -0.3 is 43.2 Å². The molecular formula is C50H77Cl3NO13P. The zero-order chi connectivity index (χ0) is 49.5. The fourth-order valence-electron chi connectivity index (χ4n) is 7.85. The van der Waals surface area contributed by atoms with E-state index < -0.39 is 73.0 Å². The van der Waals surface area contributed by atoms with E-state index in [0.29, 0.717) is 19.3 Å².